The van der Waals surface area contributed by atoms with Gasteiger partial charge in [-0.3, -0.25) is 0 Å². The molecule has 0 saturated heterocycles. The van der Waals surface area contributed by atoms with Crippen LogP contribution in [-0.4, -0.2) is 17.7 Å². The first-order chi connectivity index (χ1) is 9.95. The van der Waals surface area contributed by atoms with Crippen LogP contribution in [0.25, 0.3) is 10.4 Å². The lowest BCUT2D eigenvalue weighted by atomic mass is 10.1. The molecule has 1 aromatic carbocycles. The Hall–Kier alpha value is -2.15. The Morgan fingerprint density at radius 2 is 2.10 bits per heavy atom. The molecule has 0 unspecified atom stereocenters. The average molecular weight is 313 g/mol. The van der Waals surface area contributed by atoms with Gasteiger partial charge in [-0.1, -0.05) is 19.1 Å². The lowest BCUT2D eigenvalue weighted by Gasteiger charge is -2.10. The Morgan fingerprint density at radius 1 is 1.43 bits per heavy atom. The third-order valence-electron chi connectivity index (χ3n) is 2.94. The number of carboxylic acid groups (broad SMARTS) is 1. The number of para-hydroxylation sites is 1. The number of thiophene rings is 1. The van der Waals surface area contributed by atoms with Gasteiger partial charge in [-0.2, -0.15) is 8.78 Å². The fourth-order valence-electron chi connectivity index (χ4n) is 2.06. The van der Waals surface area contributed by atoms with Gasteiger partial charge in [0, 0.05) is 10.4 Å². The molecule has 0 amide bonds. The maximum absolute atomic E-state index is 12.5. The minimum Gasteiger partial charge on any atom is -0.477 e. The minimum atomic E-state index is -2.95. The van der Waals surface area contributed by atoms with Crippen molar-refractivity contribution in [2.24, 2.45) is 0 Å². The summed E-state index contributed by atoms with van der Waals surface area (Å²) in [4.78, 5) is 11.7. The second-order valence-corrected chi connectivity index (χ2v) is 5.21. The van der Waals surface area contributed by atoms with Gasteiger partial charge in [0.05, 0.1) is 5.69 Å². The highest BCUT2D eigenvalue weighted by atomic mass is 32.1. The fraction of sp³-hybridized carbons (Fsp3) is 0.214. The largest absolute Gasteiger partial charge is 0.477 e. The van der Waals surface area contributed by atoms with Gasteiger partial charge in [0.25, 0.3) is 0 Å². The lowest BCUT2D eigenvalue weighted by molar-refractivity contribution is -0.0494. The molecular formula is C14H13F2NO3S. The van der Waals surface area contributed by atoms with E-state index in [1.165, 1.54) is 6.07 Å². The van der Waals surface area contributed by atoms with E-state index in [1.54, 1.807) is 18.2 Å². The molecule has 1 aromatic heterocycles. The van der Waals surface area contributed by atoms with Crippen molar-refractivity contribution >= 4 is 23.0 Å². The summed E-state index contributed by atoms with van der Waals surface area (Å²) in [6, 6.07) is 6.26. The summed E-state index contributed by atoms with van der Waals surface area (Å²) in [7, 11) is 0. The molecule has 0 radical (unpaired) electrons. The number of hydrogen-bond acceptors (Lipinski definition) is 4. The van der Waals surface area contributed by atoms with Crippen LogP contribution in [0.3, 0.4) is 0 Å². The van der Waals surface area contributed by atoms with Crippen molar-refractivity contribution in [3.8, 4) is 16.2 Å². The summed E-state index contributed by atoms with van der Waals surface area (Å²) in [6.45, 7) is -1.13. The van der Waals surface area contributed by atoms with E-state index in [1.807, 2.05) is 6.92 Å². The number of benzene rings is 1. The van der Waals surface area contributed by atoms with Gasteiger partial charge >= 0.3 is 12.6 Å². The van der Waals surface area contributed by atoms with E-state index in [4.69, 9.17) is 10.8 Å². The number of anilines is 1. The maximum Gasteiger partial charge on any atom is 0.387 e. The molecule has 112 valence electrons. The maximum atomic E-state index is 12.5. The van der Waals surface area contributed by atoms with Crippen LogP contribution in [0.1, 0.15) is 22.2 Å². The van der Waals surface area contributed by atoms with Crippen LogP contribution in [-0.2, 0) is 6.42 Å². The summed E-state index contributed by atoms with van der Waals surface area (Å²) < 4.78 is 29.4. The van der Waals surface area contributed by atoms with Crippen LogP contribution in [0.15, 0.2) is 24.3 Å². The monoisotopic (exact) mass is 313 g/mol. The number of hydrogen-bond donors (Lipinski definition) is 2. The molecule has 0 bridgehead atoms. The summed E-state index contributed by atoms with van der Waals surface area (Å²) >= 11 is 0.964. The predicted octanol–water partition coefficient (Wildman–Crippen LogP) is 3.86. The molecule has 7 heteroatoms. The second-order valence-electron chi connectivity index (χ2n) is 4.19. The highest BCUT2D eigenvalue weighted by Crippen LogP contribution is 2.42. The number of ether oxygens (including phenoxy) is 1. The Bertz CT molecular complexity index is 670. The number of carboxylic acids is 1. The van der Waals surface area contributed by atoms with Gasteiger partial charge in [-0.25, -0.2) is 4.79 Å². The molecule has 0 aliphatic heterocycles. The molecule has 0 atom stereocenters. The SMILES string of the molecule is CCc1c(-c2ccccc2OC(F)F)sc(C(=O)O)c1N. The zero-order valence-electron chi connectivity index (χ0n) is 11.1. The van der Waals surface area contributed by atoms with Crippen molar-refractivity contribution in [1.29, 1.82) is 0 Å². The molecule has 0 aliphatic carbocycles. The Labute approximate surface area is 123 Å². The summed E-state index contributed by atoms with van der Waals surface area (Å²) in [5.41, 5.74) is 7.07. The van der Waals surface area contributed by atoms with Crippen molar-refractivity contribution in [3.05, 3.63) is 34.7 Å². The molecule has 0 spiro atoms. The summed E-state index contributed by atoms with van der Waals surface area (Å²) in [5.74, 6) is -1.13. The van der Waals surface area contributed by atoms with E-state index in [9.17, 15) is 13.6 Å². The standard InChI is InChI=1S/C14H13F2NO3S/c1-2-7-10(17)12(13(18)19)21-11(7)8-5-3-4-6-9(8)20-14(15)16/h3-6,14H,2,17H2,1H3,(H,18,19). The number of nitrogens with two attached hydrogens (primary N) is 1. The first-order valence-corrected chi connectivity index (χ1v) is 6.96. The number of halogens is 2. The molecule has 2 aromatic rings. The van der Waals surface area contributed by atoms with E-state index in [2.05, 4.69) is 4.74 Å². The number of carbonyl (C=O) groups is 1. The topological polar surface area (TPSA) is 72.5 Å². The van der Waals surface area contributed by atoms with Crippen LogP contribution < -0.4 is 10.5 Å². The van der Waals surface area contributed by atoms with Gasteiger partial charge < -0.3 is 15.6 Å². The van der Waals surface area contributed by atoms with E-state index < -0.39 is 12.6 Å². The van der Waals surface area contributed by atoms with Crippen molar-refractivity contribution in [1.82, 2.24) is 0 Å². The molecule has 0 fully saturated rings. The summed E-state index contributed by atoms with van der Waals surface area (Å²) in [5, 5.41) is 9.14. The van der Waals surface area contributed by atoms with Gasteiger partial charge in [-0.15, -0.1) is 11.3 Å². The average Bonchev–Trinajstić information content (AvgIpc) is 2.75. The Balaban J connectivity index is 2.62. The minimum absolute atomic E-state index is 0.000360. The van der Waals surface area contributed by atoms with Crippen molar-refractivity contribution in [3.63, 3.8) is 0 Å². The van der Waals surface area contributed by atoms with E-state index in [0.29, 0.717) is 22.4 Å². The normalized spacial score (nSPS) is 10.9. The molecule has 1 heterocycles. The van der Waals surface area contributed by atoms with E-state index in [-0.39, 0.29) is 16.3 Å². The molecular weight excluding hydrogens is 300 g/mol. The zero-order valence-corrected chi connectivity index (χ0v) is 11.9. The smallest absolute Gasteiger partial charge is 0.387 e. The molecule has 3 N–H and O–H groups in total. The van der Waals surface area contributed by atoms with Crippen LogP contribution in [0.4, 0.5) is 14.5 Å². The molecule has 21 heavy (non-hydrogen) atoms. The van der Waals surface area contributed by atoms with Gasteiger partial charge in [0.1, 0.15) is 10.6 Å². The highest BCUT2D eigenvalue weighted by molar-refractivity contribution is 7.18. The van der Waals surface area contributed by atoms with Crippen molar-refractivity contribution in [2.45, 2.75) is 20.0 Å². The number of aromatic carboxylic acids is 1. The van der Waals surface area contributed by atoms with Crippen LogP contribution >= 0.6 is 11.3 Å². The predicted molar refractivity (Wildman–Crippen MR) is 77.1 cm³/mol. The fourth-order valence-corrected chi connectivity index (χ4v) is 3.24. The lowest BCUT2D eigenvalue weighted by Crippen LogP contribution is -2.03. The van der Waals surface area contributed by atoms with Gasteiger partial charge in [0.15, 0.2) is 0 Å². The van der Waals surface area contributed by atoms with Gasteiger partial charge in [0.2, 0.25) is 0 Å². The summed E-state index contributed by atoms with van der Waals surface area (Å²) in [6.07, 6.45) is 0.494. The third kappa shape index (κ3) is 2.97. The van der Waals surface area contributed by atoms with Crippen LogP contribution in [0, 0.1) is 0 Å². The number of rotatable bonds is 5. The molecule has 0 aliphatic rings. The third-order valence-corrected chi connectivity index (χ3v) is 4.21. The first-order valence-electron chi connectivity index (χ1n) is 6.14. The number of alkyl halides is 2. The van der Waals surface area contributed by atoms with Crippen molar-refractivity contribution < 1.29 is 23.4 Å². The quantitative estimate of drug-likeness (QED) is 0.879. The zero-order chi connectivity index (χ0) is 15.6. The van der Waals surface area contributed by atoms with Gasteiger partial charge in [-0.05, 0) is 24.1 Å². The van der Waals surface area contributed by atoms with E-state index >= 15 is 0 Å². The van der Waals surface area contributed by atoms with Crippen LogP contribution in [0.2, 0.25) is 0 Å². The van der Waals surface area contributed by atoms with E-state index in [0.717, 1.165) is 11.3 Å². The molecule has 4 nitrogen and oxygen atoms in total. The first kappa shape index (κ1) is 15.2. The molecule has 0 saturated carbocycles. The Morgan fingerprint density at radius 3 is 2.67 bits per heavy atom. The number of nitrogen functional groups attached to an aromatic ring is 1. The molecule has 2 rings (SSSR count). The van der Waals surface area contributed by atoms with Crippen molar-refractivity contribution in [2.75, 3.05) is 5.73 Å². The Kier molecular flexibility index (Phi) is 4.42. The van der Waals surface area contributed by atoms with Crippen LogP contribution in [0.5, 0.6) is 5.75 Å². The second kappa shape index (κ2) is 6.09. The highest BCUT2D eigenvalue weighted by Gasteiger charge is 2.22.